The second kappa shape index (κ2) is 7.22. The fourth-order valence-electron chi connectivity index (χ4n) is 1.63. The predicted molar refractivity (Wildman–Crippen MR) is 83.3 cm³/mol. The summed E-state index contributed by atoms with van der Waals surface area (Å²) in [5.41, 5.74) is 6.13. The minimum absolute atomic E-state index is 0.292. The van der Waals surface area contributed by atoms with Crippen molar-refractivity contribution in [2.24, 2.45) is 5.73 Å². The second-order valence-corrected chi connectivity index (χ2v) is 5.49. The molecule has 0 unspecified atom stereocenters. The van der Waals surface area contributed by atoms with Crippen LogP contribution in [-0.4, -0.2) is 11.7 Å². The minimum atomic E-state index is -0.320. The Morgan fingerprint density at radius 1 is 1.10 bits per heavy atom. The number of hydrogen-bond donors (Lipinski definition) is 1. The SMILES string of the molecule is NC(=O)CSCc1ccccc1Oc1ccccc1Cl. The van der Waals surface area contributed by atoms with E-state index < -0.39 is 0 Å². The zero-order valence-corrected chi connectivity index (χ0v) is 12.3. The number of nitrogens with two attached hydrogens (primary N) is 1. The van der Waals surface area contributed by atoms with Crippen LogP contribution in [0.2, 0.25) is 5.02 Å². The van der Waals surface area contributed by atoms with E-state index in [0.29, 0.717) is 22.3 Å². The summed E-state index contributed by atoms with van der Waals surface area (Å²) < 4.78 is 5.84. The van der Waals surface area contributed by atoms with E-state index in [9.17, 15) is 4.79 Å². The van der Waals surface area contributed by atoms with E-state index in [1.807, 2.05) is 42.5 Å². The number of halogens is 1. The van der Waals surface area contributed by atoms with Crippen molar-refractivity contribution in [3.05, 3.63) is 59.1 Å². The molecule has 2 N–H and O–H groups in total. The summed E-state index contributed by atoms with van der Waals surface area (Å²) in [5, 5.41) is 0.562. The molecule has 20 heavy (non-hydrogen) atoms. The molecular weight excluding hydrogens is 294 g/mol. The first-order valence-corrected chi connectivity index (χ1v) is 7.56. The van der Waals surface area contributed by atoms with Crippen molar-refractivity contribution in [1.29, 1.82) is 0 Å². The second-order valence-electron chi connectivity index (χ2n) is 4.10. The Morgan fingerprint density at radius 3 is 2.45 bits per heavy atom. The molecule has 2 aromatic rings. The van der Waals surface area contributed by atoms with Gasteiger partial charge in [-0.15, -0.1) is 11.8 Å². The molecule has 0 aromatic heterocycles. The molecule has 0 saturated heterocycles. The molecular formula is C15H14ClNO2S. The normalized spacial score (nSPS) is 10.2. The van der Waals surface area contributed by atoms with E-state index in [1.54, 1.807) is 6.07 Å². The summed E-state index contributed by atoms with van der Waals surface area (Å²) >= 11 is 7.54. The Hall–Kier alpha value is -1.65. The van der Waals surface area contributed by atoms with Crippen molar-refractivity contribution < 1.29 is 9.53 Å². The van der Waals surface area contributed by atoms with Gasteiger partial charge in [0.2, 0.25) is 5.91 Å². The van der Waals surface area contributed by atoms with Crippen molar-refractivity contribution in [2.75, 3.05) is 5.75 Å². The van der Waals surface area contributed by atoms with Gasteiger partial charge in [-0.2, -0.15) is 0 Å². The van der Waals surface area contributed by atoms with Gasteiger partial charge in [-0.3, -0.25) is 4.79 Å². The van der Waals surface area contributed by atoms with Gasteiger partial charge in [-0.05, 0) is 18.2 Å². The highest BCUT2D eigenvalue weighted by atomic mass is 35.5. The Bertz CT molecular complexity index is 604. The lowest BCUT2D eigenvalue weighted by Gasteiger charge is -2.11. The monoisotopic (exact) mass is 307 g/mol. The average molecular weight is 308 g/mol. The molecule has 0 heterocycles. The van der Waals surface area contributed by atoms with Crippen LogP contribution in [0, 0.1) is 0 Å². The largest absolute Gasteiger partial charge is 0.455 e. The molecule has 0 atom stereocenters. The van der Waals surface area contributed by atoms with Crippen molar-refractivity contribution in [3.8, 4) is 11.5 Å². The highest BCUT2D eigenvalue weighted by Crippen LogP contribution is 2.32. The molecule has 2 aromatic carbocycles. The van der Waals surface area contributed by atoms with E-state index >= 15 is 0 Å². The van der Waals surface area contributed by atoms with E-state index in [1.165, 1.54) is 11.8 Å². The van der Waals surface area contributed by atoms with E-state index in [2.05, 4.69) is 0 Å². The first-order valence-electron chi connectivity index (χ1n) is 6.03. The van der Waals surface area contributed by atoms with Crippen molar-refractivity contribution in [3.63, 3.8) is 0 Å². The lowest BCUT2D eigenvalue weighted by Crippen LogP contribution is -2.13. The van der Waals surface area contributed by atoms with E-state index in [4.69, 9.17) is 22.1 Å². The van der Waals surface area contributed by atoms with Gasteiger partial charge in [0.25, 0.3) is 0 Å². The van der Waals surface area contributed by atoms with Gasteiger partial charge < -0.3 is 10.5 Å². The van der Waals surface area contributed by atoms with Crippen LogP contribution in [0.25, 0.3) is 0 Å². The van der Waals surface area contributed by atoms with Gasteiger partial charge in [-0.25, -0.2) is 0 Å². The highest BCUT2D eigenvalue weighted by Gasteiger charge is 2.07. The maximum atomic E-state index is 10.8. The molecule has 2 rings (SSSR count). The Kier molecular flexibility index (Phi) is 5.32. The smallest absolute Gasteiger partial charge is 0.227 e. The van der Waals surface area contributed by atoms with Gasteiger partial charge in [0.1, 0.15) is 11.5 Å². The van der Waals surface area contributed by atoms with Crippen LogP contribution >= 0.6 is 23.4 Å². The number of rotatable bonds is 6. The number of ether oxygens (including phenoxy) is 1. The fourth-order valence-corrected chi connectivity index (χ4v) is 2.57. The van der Waals surface area contributed by atoms with Crippen LogP contribution in [0.5, 0.6) is 11.5 Å². The number of hydrogen-bond acceptors (Lipinski definition) is 3. The number of carbonyl (C=O) groups excluding carboxylic acids is 1. The van der Waals surface area contributed by atoms with E-state index in [-0.39, 0.29) is 5.91 Å². The third-order valence-electron chi connectivity index (χ3n) is 2.53. The topological polar surface area (TPSA) is 52.3 Å². The molecule has 5 heteroatoms. The molecule has 0 spiro atoms. The fraction of sp³-hybridized carbons (Fsp3) is 0.133. The number of benzene rings is 2. The molecule has 3 nitrogen and oxygen atoms in total. The van der Waals surface area contributed by atoms with E-state index in [0.717, 1.165) is 11.3 Å². The first-order chi connectivity index (χ1) is 9.66. The van der Waals surface area contributed by atoms with Crippen LogP contribution in [0.4, 0.5) is 0 Å². The maximum absolute atomic E-state index is 10.8. The Balaban J connectivity index is 2.11. The van der Waals surface area contributed by atoms with Gasteiger partial charge in [0.05, 0.1) is 10.8 Å². The van der Waals surface area contributed by atoms with Crippen LogP contribution in [0.1, 0.15) is 5.56 Å². The lowest BCUT2D eigenvalue weighted by molar-refractivity contribution is -0.115. The van der Waals surface area contributed by atoms with Crippen LogP contribution < -0.4 is 10.5 Å². The zero-order valence-electron chi connectivity index (χ0n) is 10.7. The molecule has 0 aliphatic heterocycles. The standard InChI is InChI=1S/C15H14ClNO2S/c16-12-6-2-4-8-14(12)19-13-7-3-1-5-11(13)9-20-10-15(17)18/h1-8H,9-10H2,(H2,17,18). The van der Waals surface area contributed by atoms with Crippen molar-refractivity contribution >= 4 is 29.3 Å². The molecule has 0 aliphatic carbocycles. The zero-order chi connectivity index (χ0) is 14.4. The quantitative estimate of drug-likeness (QED) is 0.882. The number of primary amides is 1. The lowest BCUT2D eigenvalue weighted by atomic mass is 10.2. The number of thioether (sulfide) groups is 1. The third kappa shape index (κ3) is 4.18. The number of para-hydroxylation sites is 2. The number of carbonyl (C=O) groups is 1. The van der Waals surface area contributed by atoms with Gasteiger partial charge in [0, 0.05) is 11.3 Å². The summed E-state index contributed by atoms with van der Waals surface area (Å²) in [6, 6.07) is 15.0. The minimum Gasteiger partial charge on any atom is -0.455 e. The Labute approximate surface area is 127 Å². The van der Waals surface area contributed by atoms with Crippen LogP contribution in [-0.2, 0) is 10.5 Å². The highest BCUT2D eigenvalue weighted by molar-refractivity contribution is 7.99. The molecule has 0 bridgehead atoms. The predicted octanol–water partition coefficient (Wildman–Crippen LogP) is 3.85. The third-order valence-corrected chi connectivity index (χ3v) is 3.85. The van der Waals surface area contributed by atoms with Crippen LogP contribution in [0.15, 0.2) is 48.5 Å². The molecule has 0 fully saturated rings. The first kappa shape index (κ1) is 14.8. The van der Waals surface area contributed by atoms with Gasteiger partial charge in [0.15, 0.2) is 0 Å². The molecule has 0 aliphatic rings. The summed E-state index contributed by atoms with van der Waals surface area (Å²) in [5.74, 6) is 1.97. The average Bonchev–Trinajstić information content (AvgIpc) is 2.43. The maximum Gasteiger partial charge on any atom is 0.227 e. The van der Waals surface area contributed by atoms with Gasteiger partial charge in [-0.1, -0.05) is 41.9 Å². The molecule has 0 radical (unpaired) electrons. The van der Waals surface area contributed by atoms with Crippen molar-refractivity contribution in [1.82, 2.24) is 0 Å². The number of amides is 1. The Morgan fingerprint density at radius 2 is 1.75 bits per heavy atom. The summed E-state index contributed by atoms with van der Waals surface area (Å²) in [6.07, 6.45) is 0. The summed E-state index contributed by atoms with van der Waals surface area (Å²) in [6.45, 7) is 0. The van der Waals surface area contributed by atoms with Gasteiger partial charge >= 0.3 is 0 Å². The molecule has 104 valence electrons. The summed E-state index contributed by atoms with van der Waals surface area (Å²) in [7, 11) is 0. The summed E-state index contributed by atoms with van der Waals surface area (Å²) in [4.78, 5) is 10.8. The van der Waals surface area contributed by atoms with Crippen LogP contribution in [0.3, 0.4) is 0 Å². The molecule has 0 saturated carbocycles. The molecule has 1 amide bonds. The van der Waals surface area contributed by atoms with Crippen molar-refractivity contribution in [2.45, 2.75) is 5.75 Å².